The highest BCUT2D eigenvalue weighted by Gasteiger charge is 2.40. The van der Waals surface area contributed by atoms with Crippen molar-refractivity contribution in [2.75, 3.05) is 0 Å². The Morgan fingerprint density at radius 2 is 1.12 bits per heavy atom. The summed E-state index contributed by atoms with van der Waals surface area (Å²) in [7, 11) is 0. The molecule has 0 radical (unpaired) electrons. The SMILES string of the molecule is O.O=C(O)CC(O)(CC(=O)O)C(=O)O.O=c1c(=O)c2ccccc2c1=O. The first-order valence-corrected chi connectivity index (χ1v) is 6.61. The largest absolute Gasteiger partial charge is 0.481 e. The third-order valence-electron chi connectivity index (χ3n) is 3.11. The van der Waals surface area contributed by atoms with Crippen LogP contribution >= 0.6 is 0 Å². The van der Waals surface area contributed by atoms with Gasteiger partial charge in [-0.05, 0) is 0 Å². The van der Waals surface area contributed by atoms with Crippen molar-refractivity contribution in [2.45, 2.75) is 18.4 Å². The van der Waals surface area contributed by atoms with Crippen LogP contribution in [0.3, 0.4) is 0 Å². The number of carboxylic acids is 3. The number of rotatable bonds is 5. The van der Waals surface area contributed by atoms with Gasteiger partial charge in [-0.15, -0.1) is 0 Å². The van der Waals surface area contributed by atoms with Crippen molar-refractivity contribution >= 4 is 28.7 Å². The summed E-state index contributed by atoms with van der Waals surface area (Å²) in [6, 6.07) is 6.23. The van der Waals surface area contributed by atoms with Crippen molar-refractivity contribution < 1.29 is 40.3 Å². The molecule has 2 aromatic carbocycles. The van der Waals surface area contributed by atoms with E-state index < -0.39 is 52.6 Å². The molecular formula is C15H14O11. The van der Waals surface area contributed by atoms with Crippen molar-refractivity contribution in [1.82, 2.24) is 0 Å². The van der Waals surface area contributed by atoms with Gasteiger partial charge in [0.25, 0.3) is 5.43 Å². The van der Waals surface area contributed by atoms with Gasteiger partial charge in [-0.2, -0.15) is 0 Å². The number of hydrogen-bond donors (Lipinski definition) is 4. The molecule has 0 aliphatic carbocycles. The summed E-state index contributed by atoms with van der Waals surface area (Å²) in [6.45, 7) is 0. The maximum absolute atomic E-state index is 11.0. The third-order valence-corrected chi connectivity index (χ3v) is 3.11. The minimum Gasteiger partial charge on any atom is -0.481 e. The van der Waals surface area contributed by atoms with Gasteiger partial charge in [0.15, 0.2) is 5.60 Å². The topological polar surface area (TPSA) is 215 Å². The summed E-state index contributed by atoms with van der Waals surface area (Å²) >= 11 is 0. The number of hydrogen-bond acceptors (Lipinski definition) is 7. The van der Waals surface area contributed by atoms with Gasteiger partial charge in [0.05, 0.1) is 12.8 Å². The molecule has 0 spiro atoms. The van der Waals surface area contributed by atoms with Crippen LogP contribution in [0.5, 0.6) is 0 Å². The standard InChI is InChI=1S/C9H4O3.C6H8O7.H2O/c10-7-5-3-1-2-4-6(5)8(11)9(7)12;7-3(8)1-6(13,5(11)12)2-4(9)10;/h1-4H;13H,1-2H2,(H,7,8)(H,9,10)(H,11,12);1H2. The molecule has 0 atom stereocenters. The van der Waals surface area contributed by atoms with Crippen molar-refractivity contribution in [3.63, 3.8) is 0 Å². The second-order valence-electron chi connectivity index (χ2n) is 5.01. The average molecular weight is 370 g/mol. The summed E-state index contributed by atoms with van der Waals surface area (Å²) in [5.74, 6) is -5.02. The molecule has 11 heteroatoms. The van der Waals surface area contributed by atoms with Crippen molar-refractivity contribution in [1.29, 1.82) is 0 Å². The fourth-order valence-corrected chi connectivity index (χ4v) is 1.94. The van der Waals surface area contributed by atoms with Gasteiger partial charge >= 0.3 is 17.9 Å². The molecule has 0 amide bonds. The molecule has 140 valence electrons. The minimum atomic E-state index is -2.74. The van der Waals surface area contributed by atoms with E-state index in [4.69, 9.17) is 20.4 Å². The normalized spacial score (nSPS) is 10.3. The molecule has 0 unspecified atom stereocenters. The Hall–Kier alpha value is -3.44. The predicted octanol–water partition coefficient (Wildman–Crippen LogP) is -2.28. The molecule has 26 heavy (non-hydrogen) atoms. The highest BCUT2D eigenvalue weighted by Crippen LogP contribution is 2.15. The van der Waals surface area contributed by atoms with Crippen LogP contribution in [0.1, 0.15) is 12.8 Å². The number of fused-ring (bicyclic) bond motifs is 1. The number of aliphatic hydroxyl groups is 1. The Morgan fingerprint density at radius 3 is 1.38 bits per heavy atom. The monoisotopic (exact) mass is 370 g/mol. The van der Waals surface area contributed by atoms with E-state index in [0.29, 0.717) is 0 Å². The van der Waals surface area contributed by atoms with E-state index >= 15 is 0 Å². The molecule has 0 aromatic heterocycles. The average Bonchev–Trinajstić information content (AvgIpc) is 2.71. The molecule has 0 saturated heterocycles. The Kier molecular flexibility index (Phi) is 7.46. The zero-order valence-electron chi connectivity index (χ0n) is 13.0. The quantitative estimate of drug-likeness (QED) is 0.413. The Balaban J connectivity index is 0.000000463. The van der Waals surface area contributed by atoms with Crippen molar-refractivity contribution in [3.8, 4) is 0 Å². The van der Waals surface area contributed by atoms with Crippen molar-refractivity contribution in [3.05, 3.63) is 54.9 Å². The lowest BCUT2D eigenvalue weighted by molar-refractivity contribution is -0.170. The Morgan fingerprint density at radius 1 is 0.769 bits per heavy atom. The fraction of sp³-hybridized carbons (Fsp3) is 0.200. The maximum Gasteiger partial charge on any atom is 0.336 e. The molecule has 6 N–H and O–H groups in total. The zero-order chi connectivity index (χ0) is 19.4. The molecule has 2 rings (SSSR count). The first-order chi connectivity index (χ1) is 11.5. The Labute approximate surface area is 143 Å². The van der Waals surface area contributed by atoms with Crippen LogP contribution < -0.4 is 16.3 Å². The predicted molar refractivity (Wildman–Crippen MR) is 85.8 cm³/mol. The van der Waals surface area contributed by atoms with Gasteiger partial charge in [-0.3, -0.25) is 24.0 Å². The molecular weight excluding hydrogens is 356 g/mol. The number of carboxylic acid groups (broad SMARTS) is 3. The highest BCUT2D eigenvalue weighted by atomic mass is 16.4. The smallest absolute Gasteiger partial charge is 0.336 e. The van der Waals surface area contributed by atoms with Gasteiger partial charge in [0.1, 0.15) is 0 Å². The van der Waals surface area contributed by atoms with Crippen LogP contribution in [0.2, 0.25) is 0 Å². The summed E-state index contributed by atoms with van der Waals surface area (Å²) < 4.78 is 0. The van der Waals surface area contributed by atoms with Crippen LogP contribution in [0.25, 0.3) is 10.8 Å². The molecule has 0 aliphatic rings. The van der Waals surface area contributed by atoms with Crippen LogP contribution in [0.15, 0.2) is 38.6 Å². The van der Waals surface area contributed by atoms with Gasteiger partial charge in [-0.25, -0.2) is 4.79 Å². The molecule has 0 heterocycles. The van der Waals surface area contributed by atoms with Crippen LogP contribution in [0, 0.1) is 0 Å². The molecule has 0 aliphatic heterocycles. The number of carbonyl (C=O) groups is 3. The second kappa shape index (κ2) is 8.60. The van der Waals surface area contributed by atoms with E-state index in [1.54, 1.807) is 12.1 Å². The first kappa shape index (κ1) is 22.6. The summed E-state index contributed by atoms with van der Waals surface area (Å²) in [6.07, 6.45) is -2.29. The van der Waals surface area contributed by atoms with Crippen LogP contribution in [0.4, 0.5) is 0 Å². The van der Waals surface area contributed by atoms with E-state index in [0.717, 1.165) is 0 Å². The lowest BCUT2D eigenvalue weighted by Crippen LogP contribution is -2.42. The molecule has 0 fully saturated rings. The highest BCUT2D eigenvalue weighted by molar-refractivity contribution is 5.88. The van der Waals surface area contributed by atoms with E-state index in [1.165, 1.54) is 12.1 Å². The Bertz CT molecular complexity index is 900. The van der Waals surface area contributed by atoms with Crippen molar-refractivity contribution in [2.24, 2.45) is 0 Å². The van der Waals surface area contributed by atoms with E-state index in [-0.39, 0.29) is 16.2 Å². The van der Waals surface area contributed by atoms with E-state index in [1.807, 2.05) is 0 Å². The van der Waals surface area contributed by atoms with E-state index in [9.17, 15) is 28.8 Å². The molecule has 11 nitrogen and oxygen atoms in total. The first-order valence-electron chi connectivity index (χ1n) is 6.61. The number of benzene rings is 1. The summed E-state index contributed by atoms with van der Waals surface area (Å²) in [5.41, 5.74) is -5.03. The lowest BCUT2D eigenvalue weighted by atomic mass is 9.96. The zero-order valence-corrected chi connectivity index (χ0v) is 13.0. The minimum absolute atomic E-state index is 0. The molecule has 0 bridgehead atoms. The summed E-state index contributed by atoms with van der Waals surface area (Å²) in [4.78, 5) is 63.4. The van der Waals surface area contributed by atoms with Gasteiger partial charge in [0, 0.05) is 10.8 Å². The fourth-order valence-electron chi connectivity index (χ4n) is 1.94. The molecule has 0 saturated carbocycles. The molecule has 2 aromatic rings. The summed E-state index contributed by atoms with van der Waals surface area (Å²) in [5, 5.41) is 34.3. The van der Waals surface area contributed by atoms with Crippen LogP contribution in [-0.2, 0) is 14.4 Å². The van der Waals surface area contributed by atoms with Gasteiger partial charge < -0.3 is 25.9 Å². The third kappa shape index (κ3) is 5.03. The van der Waals surface area contributed by atoms with Gasteiger partial charge in [0.2, 0.25) is 10.9 Å². The number of aliphatic carboxylic acids is 3. The van der Waals surface area contributed by atoms with Crippen LogP contribution in [-0.4, -0.2) is 49.4 Å². The maximum atomic E-state index is 11.0. The van der Waals surface area contributed by atoms with E-state index in [2.05, 4.69) is 0 Å². The lowest BCUT2D eigenvalue weighted by Gasteiger charge is -2.18. The second-order valence-corrected chi connectivity index (χ2v) is 5.01. The van der Waals surface area contributed by atoms with Gasteiger partial charge in [-0.1, -0.05) is 24.3 Å².